The lowest BCUT2D eigenvalue weighted by Crippen LogP contribution is -2.37. The largest absolute Gasteiger partial charge is 0.355 e. The van der Waals surface area contributed by atoms with E-state index in [0.717, 1.165) is 5.56 Å². The first-order chi connectivity index (χ1) is 9.47. The van der Waals surface area contributed by atoms with Crippen molar-refractivity contribution >= 4 is 17.2 Å². The lowest BCUT2D eigenvalue weighted by atomic mass is 9.86. The molecule has 1 aromatic carbocycles. The molecule has 106 valence electrons. The minimum Gasteiger partial charge on any atom is -0.355 e. The van der Waals surface area contributed by atoms with Gasteiger partial charge in [-0.2, -0.15) is 11.3 Å². The van der Waals surface area contributed by atoms with Crippen LogP contribution in [0.25, 0.3) is 0 Å². The summed E-state index contributed by atoms with van der Waals surface area (Å²) < 4.78 is 0. The summed E-state index contributed by atoms with van der Waals surface area (Å²) in [4.78, 5) is 12.0. The highest BCUT2D eigenvalue weighted by Crippen LogP contribution is 2.24. The van der Waals surface area contributed by atoms with Crippen LogP contribution in [0.5, 0.6) is 0 Å². The fourth-order valence-electron chi connectivity index (χ4n) is 2.14. The van der Waals surface area contributed by atoms with Gasteiger partial charge in [-0.05, 0) is 34.9 Å². The molecule has 0 saturated carbocycles. The normalized spacial score (nSPS) is 11.3. The molecule has 0 bridgehead atoms. The van der Waals surface area contributed by atoms with Crippen LogP contribution in [-0.4, -0.2) is 12.5 Å². The van der Waals surface area contributed by atoms with E-state index in [-0.39, 0.29) is 11.3 Å². The predicted molar refractivity (Wildman–Crippen MR) is 85.2 cm³/mol. The van der Waals surface area contributed by atoms with Gasteiger partial charge in [-0.1, -0.05) is 43.7 Å². The molecule has 0 atom stereocenters. The smallest absolute Gasteiger partial charge is 0.224 e. The zero-order valence-corrected chi connectivity index (χ0v) is 13.1. The van der Waals surface area contributed by atoms with Crippen molar-refractivity contribution in [2.24, 2.45) is 0 Å². The first kappa shape index (κ1) is 14.8. The van der Waals surface area contributed by atoms with Gasteiger partial charge in [-0.15, -0.1) is 0 Å². The van der Waals surface area contributed by atoms with E-state index >= 15 is 0 Å². The minimum absolute atomic E-state index is 0.0255. The molecular formula is C17H21NOS. The van der Waals surface area contributed by atoms with Gasteiger partial charge < -0.3 is 5.32 Å². The van der Waals surface area contributed by atoms with E-state index < -0.39 is 0 Å². The molecular weight excluding hydrogens is 266 g/mol. The Labute approximate surface area is 124 Å². The monoisotopic (exact) mass is 287 g/mol. The van der Waals surface area contributed by atoms with E-state index in [4.69, 9.17) is 0 Å². The molecule has 2 nitrogen and oxygen atoms in total. The number of carbonyl (C=O) groups is 1. The van der Waals surface area contributed by atoms with Crippen LogP contribution in [0, 0.1) is 6.92 Å². The fraction of sp³-hybridized carbons (Fsp3) is 0.353. The Balaban J connectivity index is 1.89. The lowest BCUT2D eigenvalue weighted by Gasteiger charge is -2.24. The molecule has 3 heteroatoms. The Morgan fingerprint density at radius 2 is 2.10 bits per heavy atom. The molecule has 0 unspecified atom stereocenters. The van der Waals surface area contributed by atoms with Gasteiger partial charge in [-0.25, -0.2) is 0 Å². The van der Waals surface area contributed by atoms with Crippen LogP contribution in [0.3, 0.4) is 0 Å². The summed E-state index contributed by atoms with van der Waals surface area (Å²) >= 11 is 1.69. The van der Waals surface area contributed by atoms with Crippen molar-refractivity contribution in [1.29, 1.82) is 0 Å². The zero-order valence-electron chi connectivity index (χ0n) is 12.3. The summed E-state index contributed by atoms with van der Waals surface area (Å²) in [6.45, 7) is 7.01. The third-order valence-electron chi connectivity index (χ3n) is 3.48. The summed E-state index contributed by atoms with van der Waals surface area (Å²) in [5, 5.41) is 7.27. The number of hydrogen-bond donors (Lipinski definition) is 1. The van der Waals surface area contributed by atoms with E-state index in [1.54, 1.807) is 11.3 Å². The number of rotatable bonds is 5. The first-order valence-corrected chi connectivity index (χ1v) is 7.76. The highest BCUT2D eigenvalue weighted by Gasteiger charge is 2.21. The second kappa shape index (κ2) is 6.23. The van der Waals surface area contributed by atoms with Crippen LogP contribution in [0.2, 0.25) is 0 Å². The Bertz CT molecular complexity index is 572. The maximum absolute atomic E-state index is 12.0. The molecule has 1 heterocycles. The number of aryl methyl sites for hydroxylation is 1. The molecule has 1 N–H and O–H groups in total. The van der Waals surface area contributed by atoms with Crippen LogP contribution >= 0.6 is 11.3 Å². The number of benzene rings is 1. The molecule has 1 amide bonds. The second-order valence-electron chi connectivity index (χ2n) is 5.84. The Morgan fingerprint density at radius 1 is 1.30 bits per heavy atom. The molecule has 0 saturated heterocycles. The van der Waals surface area contributed by atoms with E-state index in [2.05, 4.69) is 42.1 Å². The van der Waals surface area contributed by atoms with Gasteiger partial charge in [0.1, 0.15) is 0 Å². The van der Waals surface area contributed by atoms with Gasteiger partial charge in [-0.3, -0.25) is 4.79 Å². The van der Waals surface area contributed by atoms with Crippen LogP contribution in [-0.2, 0) is 16.6 Å². The highest BCUT2D eigenvalue weighted by molar-refractivity contribution is 7.08. The van der Waals surface area contributed by atoms with Crippen molar-refractivity contribution in [3.05, 3.63) is 57.8 Å². The molecule has 0 aliphatic heterocycles. The van der Waals surface area contributed by atoms with Crippen molar-refractivity contribution in [1.82, 2.24) is 5.32 Å². The molecule has 0 aliphatic carbocycles. The Kier molecular flexibility index (Phi) is 4.61. The van der Waals surface area contributed by atoms with Crippen LogP contribution in [0.4, 0.5) is 0 Å². The molecule has 20 heavy (non-hydrogen) atoms. The SMILES string of the molecule is Cc1cccc(CC(=O)NCC(C)(C)c2ccsc2)c1. The van der Waals surface area contributed by atoms with Crippen molar-refractivity contribution < 1.29 is 4.79 Å². The topological polar surface area (TPSA) is 29.1 Å². The molecule has 2 aromatic rings. The van der Waals surface area contributed by atoms with Gasteiger partial charge >= 0.3 is 0 Å². The predicted octanol–water partition coefficient (Wildman–Crippen LogP) is 3.69. The first-order valence-electron chi connectivity index (χ1n) is 6.82. The van der Waals surface area contributed by atoms with Gasteiger partial charge in [0, 0.05) is 12.0 Å². The molecule has 0 aliphatic rings. The fourth-order valence-corrected chi connectivity index (χ4v) is 2.99. The second-order valence-corrected chi connectivity index (χ2v) is 6.62. The zero-order chi connectivity index (χ0) is 14.6. The van der Waals surface area contributed by atoms with Crippen LogP contribution < -0.4 is 5.32 Å². The minimum atomic E-state index is -0.0255. The number of carbonyl (C=O) groups excluding carboxylic acids is 1. The van der Waals surface area contributed by atoms with Crippen LogP contribution in [0.1, 0.15) is 30.5 Å². The number of thiophene rings is 1. The van der Waals surface area contributed by atoms with Gasteiger partial charge in [0.05, 0.1) is 6.42 Å². The van der Waals surface area contributed by atoms with Gasteiger partial charge in [0.2, 0.25) is 5.91 Å². The Morgan fingerprint density at radius 3 is 2.75 bits per heavy atom. The standard InChI is InChI=1S/C17H21NOS/c1-13-5-4-6-14(9-13)10-16(19)18-12-17(2,3)15-7-8-20-11-15/h4-9,11H,10,12H2,1-3H3,(H,18,19). The van der Waals surface area contributed by atoms with E-state index in [0.29, 0.717) is 13.0 Å². The molecule has 0 spiro atoms. The maximum atomic E-state index is 12.0. The Hall–Kier alpha value is -1.61. The number of hydrogen-bond acceptors (Lipinski definition) is 2. The highest BCUT2D eigenvalue weighted by atomic mass is 32.1. The molecule has 0 radical (unpaired) electrons. The summed E-state index contributed by atoms with van der Waals surface area (Å²) in [5.41, 5.74) is 3.51. The van der Waals surface area contributed by atoms with E-state index in [1.165, 1.54) is 11.1 Å². The molecule has 0 fully saturated rings. The lowest BCUT2D eigenvalue weighted by molar-refractivity contribution is -0.120. The third-order valence-corrected chi connectivity index (χ3v) is 4.16. The van der Waals surface area contributed by atoms with Crippen molar-refractivity contribution in [3.8, 4) is 0 Å². The van der Waals surface area contributed by atoms with Gasteiger partial charge in [0.25, 0.3) is 0 Å². The summed E-state index contributed by atoms with van der Waals surface area (Å²) in [6, 6.07) is 10.2. The van der Waals surface area contributed by atoms with Crippen molar-refractivity contribution in [3.63, 3.8) is 0 Å². The van der Waals surface area contributed by atoms with E-state index in [9.17, 15) is 4.79 Å². The molecule has 2 rings (SSSR count). The van der Waals surface area contributed by atoms with Crippen LogP contribution in [0.15, 0.2) is 41.1 Å². The number of amides is 1. The summed E-state index contributed by atoms with van der Waals surface area (Å²) in [7, 11) is 0. The molecule has 1 aromatic heterocycles. The van der Waals surface area contributed by atoms with E-state index in [1.807, 2.05) is 25.1 Å². The summed E-state index contributed by atoms with van der Waals surface area (Å²) in [6.07, 6.45) is 0.446. The van der Waals surface area contributed by atoms with Crippen molar-refractivity contribution in [2.45, 2.75) is 32.6 Å². The summed E-state index contributed by atoms with van der Waals surface area (Å²) in [5.74, 6) is 0.0823. The van der Waals surface area contributed by atoms with Gasteiger partial charge in [0.15, 0.2) is 0 Å². The average Bonchev–Trinajstić information content (AvgIpc) is 2.91. The average molecular weight is 287 g/mol. The third kappa shape index (κ3) is 3.94. The van der Waals surface area contributed by atoms with Crippen molar-refractivity contribution in [2.75, 3.05) is 6.54 Å². The quantitative estimate of drug-likeness (QED) is 0.892. The number of nitrogens with one attached hydrogen (secondary N) is 1. The maximum Gasteiger partial charge on any atom is 0.224 e.